The van der Waals surface area contributed by atoms with Crippen molar-refractivity contribution < 1.29 is 4.92 Å². The van der Waals surface area contributed by atoms with E-state index in [9.17, 15) is 10.1 Å². The molecule has 7 heteroatoms. The molecule has 0 aliphatic carbocycles. The van der Waals surface area contributed by atoms with Crippen LogP contribution in [0.5, 0.6) is 0 Å². The lowest BCUT2D eigenvalue weighted by Gasteiger charge is -2.37. The summed E-state index contributed by atoms with van der Waals surface area (Å²) in [5.74, 6) is 0.573. The molecular formula is C9H15N5O2. The Bertz CT molecular complexity index is 422. The lowest BCUT2D eigenvalue weighted by atomic mass is 10.1. The first-order valence-electron chi connectivity index (χ1n) is 5.25. The number of rotatable bonds is 3. The highest BCUT2D eigenvalue weighted by atomic mass is 16.6. The summed E-state index contributed by atoms with van der Waals surface area (Å²) in [6, 6.07) is 0.111. The van der Waals surface area contributed by atoms with E-state index in [1.165, 1.54) is 0 Å². The minimum Gasteiger partial charge on any atom is -0.348 e. The molecule has 0 unspecified atom stereocenters. The Labute approximate surface area is 93.0 Å². The topological polar surface area (TPSA) is 90.2 Å². The van der Waals surface area contributed by atoms with Gasteiger partial charge in [0.25, 0.3) is 0 Å². The van der Waals surface area contributed by atoms with E-state index < -0.39 is 0 Å². The van der Waals surface area contributed by atoms with Gasteiger partial charge in [0, 0.05) is 26.2 Å². The van der Waals surface area contributed by atoms with Gasteiger partial charge in [0.15, 0.2) is 0 Å². The quantitative estimate of drug-likeness (QED) is 0.579. The summed E-state index contributed by atoms with van der Waals surface area (Å²) in [5.41, 5.74) is 6.33. The number of anilines is 1. The first-order chi connectivity index (χ1) is 7.54. The van der Waals surface area contributed by atoms with Gasteiger partial charge in [-0.25, -0.2) is 4.68 Å². The summed E-state index contributed by atoms with van der Waals surface area (Å²) in [7, 11) is 1.73. The molecule has 0 bridgehead atoms. The van der Waals surface area contributed by atoms with Gasteiger partial charge in [0.1, 0.15) is 5.69 Å². The van der Waals surface area contributed by atoms with Gasteiger partial charge in [0.2, 0.25) is 5.82 Å². The molecule has 0 aromatic carbocycles. The van der Waals surface area contributed by atoms with Crippen LogP contribution in [0.25, 0.3) is 0 Å². The van der Waals surface area contributed by atoms with Crippen molar-refractivity contribution in [1.29, 1.82) is 0 Å². The Morgan fingerprint density at radius 1 is 1.62 bits per heavy atom. The maximum Gasteiger partial charge on any atom is 0.334 e. The number of nitrogens with zero attached hydrogens (tertiary/aromatic N) is 4. The van der Waals surface area contributed by atoms with Crippen molar-refractivity contribution in [3.05, 3.63) is 15.8 Å². The highest BCUT2D eigenvalue weighted by Gasteiger charge is 2.34. The number of hydrogen-bond acceptors (Lipinski definition) is 5. The Morgan fingerprint density at radius 2 is 2.25 bits per heavy atom. The zero-order valence-electron chi connectivity index (χ0n) is 9.38. The van der Waals surface area contributed by atoms with Crippen molar-refractivity contribution >= 4 is 11.5 Å². The zero-order valence-corrected chi connectivity index (χ0v) is 9.38. The summed E-state index contributed by atoms with van der Waals surface area (Å²) in [4.78, 5) is 12.6. The number of aryl methyl sites for hydroxylation is 2. The monoisotopic (exact) mass is 225 g/mol. The Hall–Kier alpha value is -1.63. The molecule has 1 aliphatic rings. The van der Waals surface area contributed by atoms with Crippen molar-refractivity contribution in [3.63, 3.8) is 0 Å². The van der Waals surface area contributed by atoms with Gasteiger partial charge in [-0.05, 0) is 6.42 Å². The van der Waals surface area contributed by atoms with Crippen LogP contribution in [0.2, 0.25) is 0 Å². The highest BCUT2D eigenvalue weighted by molar-refractivity contribution is 5.63. The van der Waals surface area contributed by atoms with Crippen LogP contribution in [-0.2, 0) is 13.5 Å². The molecule has 2 heterocycles. The fourth-order valence-electron chi connectivity index (χ4n) is 2.02. The predicted molar refractivity (Wildman–Crippen MR) is 59.4 cm³/mol. The molecule has 1 saturated heterocycles. The van der Waals surface area contributed by atoms with E-state index in [4.69, 9.17) is 5.73 Å². The minimum atomic E-state index is -0.356. The number of hydrogen-bond donors (Lipinski definition) is 1. The number of aromatic nitrogens is 2. The molecular weight excluding hydrogens is 210 g/mol. The van der Waals surface area contributed by atoms with Gasteiger partial charge in [-0.2, -0.15) is 5.10 Å². The van der Waals surface area contributed by atoms with Crippen LogP contribution in [0.3, 0.4) is 0 Å². The van der Waals surface area contributed by atoms with Crippen molar-refractivity contribution in [2.75, 3.05) is 18.0 Å². The first-order valence-corrected chi connectivity index (χ1v) is 5.25. The average Bonchev–Trinajstić information content (AvgIpc) is 2.50. The average molecular weight is 225 g/mol. The molecule has 1 aromatic heterocycles. The maximum absolute atomic E-state index is 11.0. The highest BCUT2D eigenvalue weighted by Crippen LogP contribution is 2.33. The minimum absolute atomic E-state index is 0.111. The molecule has 1 aromatic rings. The van der Waals surface area contributed by atoms with Gasteiger partial charge in [0.05, 0.1) is 4.92 Å². The van der Waals surface area contributed by atoms with Crippen LogP contribution in [0.15, 0.2) is 0 Å². The third-order valence-corrected chi connectivity index (χ3v) is 2.79. The zero-order chi connectivity index (χ0) is 11.9. The smallest absolute Gasteiger partial charge is 0.334 e. The van der Waals surface area contributed by atoms with E-state index in [0.717, 1.165) is 0 Å². The summed E-state index contributed by atoms with van der Waals surface area (Å²) >= 11 is 0. The molecule has 2 rings (SSSR count). The molecule has 1 aliphatic heterocycles. The van der Waals surface area contributed by atoms with E-state index in [1.807, 2.05) is 11.8 Å². The standard InChI is InChI=1S/C9H15N5O2/c1-3-7-8(14(15)16)9(12(2)11-7)13-4-6(10)5-13/h6H,3-5,10H2,1-2H3. The summed E-state index contributed by atoms with van der Waals surface area (Å²) in [6.07, 6.45) is 0.560. The van der Waals surface area contributed by atoms with Crippen LogP contribution in [-0.4, -0.2) is 33.8 Å². The Morgan fingerprint density at radius 3 is 2.69 bits per heavy atom. The van der Waals surface area contributed by atoms with Crippen molar-refractivity contribution in [3.8, 4) is 0 Å². The third kappa shape index (κ3) is 1.53. The van der Waals surface area contributed by atoms with Crippen LogP contribution < -0.4 is 10.6 Å². The van der Waals surface area contributed by atoms with Crippen molar-refractivity contribution in [2.24, 2.45) is 12.8 Å². The van der Waals surface area contributed by atoms with Gasteiger partial charge in [-0.1, -0.05) is 6.92 Å². The van der Waals surface area contributed by atoms with Gasteiger partial charge in [-0.3, -0.25) is 10.1 Å². The van der Waals surface area contributed by atoms with Gasteiger partial charge < -0.3 is 10.6 Å². The van der Waals surface area contributed by atoms with Crippen LogP contribution in [0.1, 0.15) is 12.6 Å². The normalized spacial score (nSPS) is 16.3. The predicted octanol–water partition coefficient (Wildman–Crippen LogP) is 0.0380. The molecule has 2 N–H and O–H groups in total. The largest absolute Gasteiger partial charge is 0.348 e. The van der Waals surface area contributed by atoms with Crippen LogP contribution in [0, 0.1) is 10.1 Å². The SMILES string of the molecule is CCc1nn(C)c(N2CC(N)C2)c1[N+](=O)[O-]. The second kappa shape index (κ2) is 3.75. The maximum atomic E-state index is 11.0. The Kier molecular flexibility index (Phi) is 2.55. The van der Waals surface area contributed by atoms with Crippen LogP contribution in [0.4, 0.5) is 11.5 Å². The third-order valence-electron chi connectivity index (χ3n) is 2.79. The lowest BCUT2D eigenvalue weighted by molar-refractivity contribution is -0.384. The first kappa shape index (κ1) is 10.9. The van der Waals surface area contributed by atoms with Crippen molar-refractivity contribution in [1.82, 2.24) is 9.78 Å². The molecule has 1 fully saturated rings. The van der Waals surface area contributed by atoms with Gasteiger partial charge in [-0.15, -0.1) is 0 Å². The number of nitro groups is 1. The molecule has 0 saturated carbocycles. The second-order valence-corrected chi connectivity index (χ2v) is 4.02. The van der Waals surface area contributed by atoms with E-state index >= 15 is 0 Å². The fraction of sp³-hybridized carbons (Fsp3) is 0.667. The van der Waals surface area contributed by atoms with Crippen LogP contribution >= 0.6 is 0 Å². The summed E-state index contributed by atoms with van der Waals surface area (Å²) in [5, 5.41) is 15.2. The molecule has 88 valence electrons. The molecule has 0 spiro atoms. The summed E-state index contributed by atoms with van der Waals surface area (Å²) in [6.45, 7) is 3.17. The molecule has 0 amide bonds. The van der Waals surface area contributed by atoms with E-state index in [0.29, 0.717) is 31.0 Å². The number of nitrogens with two attached hydrogens (primary N) is 1. The van der Waals surface area contributed by atoms with E-state index in [-0.39, 0.29) is 16.7 Å². The molecule has 7 nitrogen and oxygen atoms in total. The lowest BCUT2D eigenvalue weighted by Crippen LogP contribution is -2.56. The molecule has 16 heavy (non-hydrogen) atoms. The summed E-state index contributed by atoms with van der Waals surface area (Å²) < 4.78 is 1.57. The fourth-order valence-corrected chi connectivity index (χ4v) is 2.02. The van der Waals surface area contributed by atoms with E-state index in [1.54, 1.807) is 11.7 Å². The molecule has 0 radical (unpaired) electrons. The Balaban J connectivity index is 2.42. The van der Waals surface area contributed by atoms with Crippen molar-refractivity contribution in [2.45, 2.75) is 19.4 Å². The van der Waals surface area contributed by atoms with Gasteiger partial charge >= 0.3 is 5.69 Å². The van der Waals surface area contributed by atoms with E-state index in [2.05, 4.69) is 5.10 Å². The second-order valence-electron chi connectivity index (χ2n) is 4.02. The molecule has 0 atom stereocenters.